The monoisotopic (exact) mass is 165 g/mol. The lowest BCUT2D eigenvalue weighted by Crippen LogP contribution is -2.09. The Morgan fingerprint density at radius 2 is 2.42 bits per heavy atom. The van der Waals surface area contributed by atoms with Crippen LogP contribution in [0.4, 0.5) is 4.39 Å². The van der Waals surface area contributed by atoms with Gasteiger partial charge in [-0.15, -0.1) is 0 Å². The number of pyridine rings is 1. The fourth-order valence-corrected chi connectivity index (χ4v) is 1.87. The van der Waals surface area contributed by atoms with Gasteiger partial charge in [0, 0.05) is 5.69 Å². The molecule has 1 aliphatic carbocycles. The van der Waals surface area contributed by atoms with Gasteiger partial charge < -0.3 is 0 Å². The molecule has 64 valence electrons. The first-order valence-corrected chi connectivity index (χ1v) is 4.41. The van der Waals surface area contributed by atoms with Crippen molar-refractivity contribution in [3.05, 3.63) is 29.3 Å². The summed E-state index contributed by atoms with van der Waals surface area (Å²) in [5.41, 5.74) is 2.20. The molecule has 0 saturated carbocycles. The van der Waals surface area contributed by atoms with Gasteiger partial charge in [0.15, 0.2) is 0 Å². The van der Waals surface area contributed by atoms with Crippen LogP contribution in [0.15, 0.2) is 12.3 Å². The van der Waals surface area contributed by atoms with Crippen LogP contribution in [0.2, 0.25) is 0 Å². The van der Waals surface area contributed by atoms with Crippen LogP contribution in [0.25, 0.3) is 0 Å². The SMILES string of the molecule is C[C@@H]1CCCc2cc(F)cnc21. The number of halogens is 1. The number of fused-ring (bicyclic) bond motifs is 1. The number of rotatable bonds is 0. The van der Waals surface area contributed by atoms with Crippen molar-refractivity contribution in [1.29, 1.82) is 0 Å². The second-order valence-electron chi connectivity index (χ2n) is 3.49. The van der Waals surface area contributed by atoms with Crippen molar-refractivity contribution < 1.29 is 4.39 Å². The van der Waals surface area contributed by atoms with E-state index >= 15 is 0 Å². The van der Waals surface area contributed by atoms with Gasteiger partial charge in [0.1, 0.15) is 5.82 Å². The quantitative estimate of drug-likeness (QED) is 0.576. The number of hydrogen-bond acceptors (Lipinski definition) is 1. The molecule has 0 aromatic carbocycles. The van der Waals surface area contributed by atoms with Crippen molar-refractivity contribution in [2.24, 2.45) is 0 Å². The zero-order chi connectivity index (χ0) is 8.55. The van der Waals surface area contributed by atoms with Gasteiger partial charge in [-0.1, -0.05) is 6.92 Å². The van der Waals surface area contributed by atoms with Crippen molar-refractivity contribution in [2.75, 3.05) is 0 Å². The van der Waals surface area contributed by atoms with Crippen molar-refractivity contribution in [1.82, 2.24) is 4.98 Å². The highest BCUT2D eigenvalue weighted by atomic mass is 19.1. The molecule has 1 aromatic rings. The second kappa shape index (κ2) is 2.85. The van der Waals surface area contributed by atoms with E-state index in [0.717, 1.165) is 17.7 Å². The third-order valence-electron chi connectivity index (χ3n) is 2.52. The van der Waals surface area contributed by atoms with Gasteiger partial charge in [0.25, 0.3) is 0 Å². The lowest BCUT2D eigenvalue weighted by Gasteiger charge is -2.20. The van der Waals surface area contributed by atoms with Crippen LogP contribution < -0.4 is 0 Å². The van der Waals surface area contributed by atoms with Gasteiger partial charge in [0.05, 0.1) is 6.20 Å². The molecule has 0 fully saturated rings. The fourth-order valence-electron chi connectivity index (χ4n) is 1.87. The molecule has 0 amide bonds. The molecule has 2 rings (SSSR count). The predicted octanol–water partition coefficient (Wildman–Crippen LogP) is 2.66. The van der Waals surface area contributed by atoms with Crippen LogP contribution in [0.5, 0.6) is 0 Å². The maximum Gasteiger partial charge on any atom is 0.141 e. The van der Waals surface area contributed by atoms with E-state index in [4.69, 9.17) is 0 Å². The smallest absolute Gasteiger partial charge is 0.141 e. The molecule has 0 bridgehead atoms. The van der Waals surface area contributed by atoms with Crippen LogP contribution in [-0.2, 0) is 6.42 Å². The van der Waals surface area contributed by atoms with Crippen LogP contribution in [0, 0.1) is 5.82 Å². The van der Waals surface area contributed by atoms with Gasteiger partial charge in [-0.3, -0.25) is 4.98 Å². The number of nitrogens with zero attached hydrogens (tertiary/aromatic N) is 1. The maximum atomic E-state index is 12.8. The highest BCUT2D eigenvalue weighted by Crippen LogP contribution is 2.29. The number of hydrogen-bond donors (Lipinski definition) is 0. The molecule has 1 nitrogen and oxygen atoms in total. The van der Waals surface area contributed by atoms with Gasteiger partial charge in [-0.05, 0) is 36.8 Å². The van der Waals surface area contributed by atoms with E-state index < -0.39 is 0 Å². The average molecular weight is 165 g/mol. The molecular formula is C10H12FN. The molecule has 2 heteroatoms. The summed E-state index contributed by atoms with van der Waals surface area (Å²) in [5.74, 6) is 0.303. The fraction of sp³-hybridized carbons (Fsp3) is 0.500. The number of aryl methyl sites for hydroxylation is 1. The Labute approximate surface area is 71.6 Å². The Balaban J connectivity index is 2.46. The molecule has 0 aliphatic heterocycles. The zero-order valence-corrected chi connectivity index (χ0v) is 7.18. The van der Waals surface area contributed by atoms with Crippen LogP contribution >= 0.6 is 0 Å². The van der Waals surface area contributed by atoms with Gasteiger partial charge >= 0.3 is 0 Å². The maximum absolute atomic E-state index is 12.8. The molecule has 0 unspecified atom stereocenters. The summed E-state index contributed by atoms with van der Waals surface area (Å²) in [6.07, 6.45) is 4.66. The lowest BCUT2D eigenvalue weighted by atomic mass is 9.88. The van der Waals surface area contributed by atoms with Crippen LogP contribution in [0.3, 0.4) is 0 Å². The van der Waals surface area contributed by atoms with Crippen molar-refractivity contribution in [2.45, 2.75) is 32.1 Å². The summed E-state index contributed by atoms with van der Waals surface area (Å²) < 4.78 is 12.8. The third-order valence-corrected chi connectivity index (χ3v) is 2.52. The summed E-state index contributed by atoms with van der Waals surface area (Å²) in [6.45, 7) is 2.16. The molecule has 1 aromatic heterocycles. The summed E-state index contributed by atoms with van der Waals surface area (Å²) in [5, 5.41) is 0. The molecule has 0 saturated heterocycles. The Hall–Kier alpha value is -0.920. The Bertz CT molecular complexity index is 296. The van der Waals surface area contributed by atoms with E-state index in [1.165, 1.54) is 19.0 Å². The second-order valence-corrected chi connectivity index (χ2v) is 3.49. The van der Waals surface area contributed by atoms with Gasteiger partial charge in [-0.25, -0.2) is 4.39 Å². The minimum atomic E-state index is -0.206. The first-order valence-electron chi connectivity index (χ1n) is 4.41. The largest absolute Gasteiger partial charge is 0.258 e. The summed E-state index contributed by atoms with van der Waals surface area (Å²) in [6, 6.07) is 1.62. The highest BCUT2D eigenvalue weighted by molar-refractivity contribution is 5.25. The highest BCUT2D eigenvalue weighted by Gasteiger charge is 2.17. The molecule has 1 atom stereocenters. The van der Waals surface area contributed by atoms with E-state index in [1.54, 1.807) is 6.07 Å². The molecule has 12 heavy (non-hydrogen) atoms. The Morgan fingerprint density at radius 1 is 1.58 bits per heavy atom. The molecule has 1 aliphatic rings. The van der Waals surface area contributed by atoms with E-state index in [-0.39, 0.29) is 5.82 Å². The summed E-state index contributed by atoms with van der Waals surface area (Å²) >= 11 is 0. The molecule has 1 heterocycles. The van der Waals surface area contributed by atoms with Gasteiger partial charge in [-0.2, -0.15) is 0 Å². The van der Waals surface area contributed by atoms with Gasteiger partial charge in [0.2, 0.25) is 0 Å². The minimum absolute atomic E-state index is 0.206. The first-order chi connectivity index (χ1) is 5.77. The first kappa shape index (κ1) is 7.71. The zero-order valence-electron chi connectivity index (χ0n) is 7.18. The normalized spacial score (nSPS) is 22.0. The molecule has 0 N–H and O–H groups in total. The van der Waals surface area contributed by atoms with Crippen LogP contribution in [0.1, 0.15) is 36.9 Å². The van der Waals surface area contributed by atoms with E-state index in [2.05, 4.69) is 11.9 Å². The lowest BCUT2D eigenvalue weighted by molar-refractivity contribution is 0.555. The molecule has 0 spiro atoms. The topological polar surface area (TPSA) is 12.9 Å². The third kappa shape index (κ3) is 1.22. The molecular weight excluding hydrogens is 153 g/mol. The Morgan fingerprint density at radius 3 is 3.25 bits per heavy atom. The van der Waals surface area contributed by atoms with Crippen molar-refractivity contribution >= 4 is 0 Å². The summed E-state index contributed by atoms with van der Waals surface area (Å²) in [4.78, 5) is 4.12. The van der Waals surface area contributed by atoms with E-state index in [9.17, 15) is 4.39 Å². The average Bonchev–Trinajstić information content (AvgIpc) is 2.04. The Kier molecular flexibility index (Phi) is 1.83. The molecule has 0 radical (unpaired) electrons. The predicted molar refractivity (Wildman–Crippen MR) is 45.5 cm³/mol. The summed E-state index contributed by atoms with van der Waals surface area (Å²) in [7, 11) is 0. The standard InChI is InChI=1S/C10H12FN/c1-7-3-2-4-8-5-9(11)6-12-10(7)8/h5-7H,2-4H2,1H3/t7-/m1/s1. The van der Waals surface area contributed by atoms with E-state index in [0.29, 0.717) is 5.92 Å². The van der Waals surface area contributed by atoms with Crippen molar-refractivity contribution in [3.63, 3.8) is 0 Å². The van der Waals surface area contributed by atoms with Crippen LogP contribution in [-0.4, -0.2) is 4.98 Å². The minimum Gasteiger partial charge on any atom is -0.258 e. The number of aromatic nitrogens is 1. The van der Waals surface area contributed by atoms with Crippen molar-refractivity contribution in [3.8, 4) is 0 Å². The van der Waals surface area contributed by atoms with E-state index in [1.807, 2.05) is 0 Å².